The summed E-state index contributed by atoms with van der Waals surface area (Å²) < 4.78 is 0. The van der Waals surface area contributed by atoms with Gasteiger partial charge in [0, 0.05) is 18.7 Å². The largest absolute Gasteiger partial charge is 0.339 e. The summed E-state index contributed by atoms with van der Waals surface area (Å²) >= 11 is 0. The van der Waals surface area contributed by atoms with Crippen LogP contribution in [0.3, 0.4) is 0 Å². The maximum Gasteiger partial charge on any atom is 0.254 e. The Hall–Kier alpha value is -1.57. The lowest BCUT2D eigenvalue weighted by Crippen LogP contribution is -2.38. The highest BCUT2D eigenvalue weighted by molar-refractivity contribution is 5.98. The number of nitrogens with zero attached hydrogens (tertiary/aromatic N) is 1. The van der Waals surface area contributed by atoms with Gasteiger partial charge in [0.05, 0.1) is 0 Å². The number of hydrogen-bond acceptors (Lipinski definition) is 1. The zero-order chi connectivity index (χ0) is 13.1. The van der Waals surface area contributed by atoms with Crippen molar-refractivity contribution in [3.63, 3.8) is 0 Å². The normalized spacial score (nSPS) is 16.7. The van der Waals surface area contributed by atoms with E-state index in [1.165, 1.54) is 0 Å². The first-order valence-corrected chi connectivity index (χ1v) is 6.64. The van der Waals surface area contributed by atoms with Crippen LogP contribution in [0.25, 0.3) is 6.08 Å². The van der Waals surface area contributed by atoms with E-state index in [9.17, 15) is 4.79 Å². The van der Waals surface area contributed by atoms with Gasteiger partial charge in [0.15, 0.2) is 0 Å². The third-order valence-electron chi connectivity index (χ3n) is 3.83. The average Bonchev–Trinajstić information content (AvgIpc) is 2.38. The topological polar surface area (TPSA) is 20.3 Å². The van der Waals surface area contributed by atoms with Gasteiger partial charge in [0.1, 0.15) is 0 Å². The Bertz CT molecular complexity index is 456. The molecule has 96 valence electrons. The molecule has 2 heteroatoms. The molecule has 0 bridgehead atoms. The molecule has 0 N–H and O–H groups in total. The molecular formula is C16H21NO. The van der Waals surface area contributed by atoms with Crippen LogP contribution in [-0.4, -0.2) is 23.9 Å². The number of carbonyl (C=O) groups is 1. The maximum absolute atomic E-state index is 12.5. The second-order valence-corrected chi connectivity index (χ2v) is 5.21. The molecule has 2 nitrogen and oxygen atoms in total. The first kappa shape index (κ1) is 12.9. The molecule has 0 saturated carbocycles. The van der Waals surface area contributed by atoms with Crippen LogP contribution >= 0.6 is 0 Å². The quantitative estimate of drug-likeness (QED) is 0.778. The first-order chi connectivity index (χ1) is 8.63. The summed E-state index contributed by atoms with van der Waals surface area (Å²) in [7, 11) is 0. The van der Waals surface area contributed by atoms with Gasteiger partial charge in [-0.05, 0) is 42.9 Å². The molecule has 1 aromatic carbocycles. The third kappa shape index (κ3) is 2.47. The minimum absolute atomic E-state index is 0.153. The Morgan fingerprint density at radius 3 is 2.67 bits per heavy atom. The van der Waals surface area contributed by atoms with Crippen LogP contribution in [-0.2, 0) is 0 Å². The summed E-state index contributed by atoms with van der Waals surface area (Å²) in [5.74, 6) is 0.894. The van der Waals surface area contributed by atoms with Crippen LogP contribution < -0.4 is 0 Å². The first-order valence-electron chi connectivity index (χ1n) is 6.64. The molecule has 1 saturated heterocycles. The molecule has 0 aromatic heterocycles. The number of likely N-dealkylation sites (tertiary alicyclic amines) is 1. The van der Waals surface area contributed by atoms with Crippen molar-refractivity contribution in [2.45, 2.75) is 26.7 Å². The predicted molar refractivity (Wildman–Crippen MR) is 75.6 cm³/mol. The fourth-order valence-corrected chi connectivity index (χ4v) is 2.52. The zero-order valence-corrected chi connectivity index (χ0v) is 11.3. The fraction of sp³-hybridized carbons (Fsp3) is 0.438. The molecule has 18 heavy (non-hydrogen) atoms. The van der Waals surface area contributed by atoms with Gasteiger partial charge >= 0.3 is 0 Å². The molecule has 1 amide bonds. The van der Waals surface area contributed by atoms with Crippen molar-refractivity contribution in [3.8, 4) is 0 Å². The van der Waals surface area contributed by atoms with Crippen molar-refractivity contribution in [1.82, 2.24) is 4.90 Å². The highest BCUT2D eigenvalue weighted by Crippen LogP contribution is 2.21. The van der Waals surface area contributed by atoms with Crippen molar-refractivity contribution in [2.75, 3.05) is 13.1 Å². The molecule has 1 fully saturated rings. The lowest BCUT2D eigenvalue weighted by Gasteiger charge is -2.30. The Labute approximate surface area is 109 Å². The van der Waals surface area contributed by atoms with E-state index in [0.717, 1.165) is 48.5 Å². The second kappa shape index (κ2) is 5.38. The molecule has 1 aliphatic rings. The van der Waals surface area contributed by atoms with Gasteiger partial charge in [-0.1, -0.05) is 31.7 Å². The summed E-state index contributed by atoms with van der Waals surface area (Å²) in [5.41, 5.74) is 2.88. The van der Waals surface area contributed by atoms with Crippen LogP contribution in [0.15, 0.2) is 24.8 Å². The number of aryl methyl sites for hydroxylation is 1. The van der Waals surface area contributed by atoms with E-state index in [4.69, 9.17) is 0 Å². The monoisotopic (exact) mass is 243 g/mol. The highest BCUT2D eigenvalue weighted by Gasteiger charge is 2.22. The Morgan fingerprint density at radius 2 is 2.06 bits per heavy atom. The number of piperidine rings is 1. The van der Waals surface area contributed by atoms with Gasteiger partial charge in [-0.25, -0.2) is 0 Å². The Kier molecular flexibility index (Phi) is 3.85. The molecule has 1 heterocycles. The smallest absolute Gasteiger partial charge is 0.254 e. The lowest BCUT2D eigenvalue weighted by molar-refractivity contribution is 0.0697. The minimum atomic E-state index is 0.153. The van der Waals surface area contributed by atoms with Crippen LogP contribution in [0, 0.1) is 12.8 Å². The minimum Gasteiger partial charge on any atom is -0.339 e. The summed E-state index contributed by atoms with van der Waals surface area (Å²) in [4.78, 5) is 14.5. The summed E-state index contributed by atoms with van der Waals surface area (Å²) in [6.07, 6.45) is 4.01. The molecule has 1 aromatic rings. The number of rotatable bonds is 2. The number of benzene rings is 1. The summed E-state index contributed by atoms with van der Waals surface area (Å²) in [5, 5.41) is 0. The van der Waals surface area contributed by atoms with Crippen molar-refractivity contribution in [1.29, 1.82) is 0 Å². The number of amides is 1. The molecule has 0 atom stereocenters. The van der Waals surface area contributed by atoms with Gasteiger partial charge < -0.3 is 4.90 Å². The van der Waals surface area contributed by atoms with Gasteiger partial charge in [-0.15, -0.1) is 0 Å². The van der Waals surface area contributed by atoms with E-state index in [-0.39, 0.29) is 5.91 Å². The van der Waals surface area contributed by atoms with Crippen LogP contribution in [0.5, 0.6) is 0 Å². The van der Waals surface area contributed by atoms with Crippen LogP contribution in [0.2, 0.25) is 0 Å². The highest BCUT2D eigenvalue weighted by atomic mass is 16.2. The second-order valence-electron chi connectivity index (χ2n) is 5.21. The zero-order valence-electron chi connectivity index (χ0n) is 11.3. The predicted octanol–water partition coefficient (Wildman–Crippen LogP) is 3.51. The van der Waals surface area contributed by atoms with Crippen LogP contribution in [0.4, 0.5) is 0 Å². The summed E-state index contributed by atoms with van der Waals surface area (Å²) in [6.45, 7) is 9.85. The SMILES string of the molecule is C=Cc1c(C)cccc1C(=O)N1CCC(C)CC1. The van der Waals surface area contributed by atoms with E-state index < -0.39 is 0 Å². The standard InChI is InChI=1S/C16H21NO/c1-4-14-13(3)6-5-7-15(14)16(18)17-10-8-12(2)9-11-17/h4-7,12H,1,8-11H2,2-3H3. The van der Waals surface area contributed by atoms with Gasteiger partial charge in [-0.2, -0.15) is 0 Å². The maximum atomic E-state index is 12.5. The molecule has 0 aliphatic carbocycles. The average molecular weight is 243 g/mol. The molecule has 2 rings (SSSR count). The fourth-order valence-electron chi connectivity index (χ4n) is 2.52. The lowest BCUT2D eigenvalue weighted by atomic mass is 9.96. The summed E-state index contributed by atoms with van der Waals surface area (Å²) in [6, 6.07) is 5.87. The molecule has 0 radical (unpaired) electrons. The molecular weight excluding hydrogens is 222 g/mol. The molecule has 0 unspecified atom stereocenters. The molecule has 1 aliphatic heterocycles. The Morgan fingerprint density at radius 1 is 1.39 bits per heavy atom. The van der Waals surface area contributed by atoms with Crippen molar-refractivity contribution >= 4 is 12.0 Å². The van der Waals surface area contributed by atoms with Gasteiger partial charge in [0.2, 0.25) is 0 Å². The number of hydrogen-bond donors (Lipinski definition) is 0. The van der Waals surface area contributed by atoms with Gasteiger partial charge in [-0.3, -0.25) is 4.79 Å². The van der Waals surface area contributed by atoms with E-state index in [1.54, 1.807) is 6.08 Å². The van der Waals surface area contributed by atoms with E-state index in [1.807, 2.05) is 30.0 Å². The Balaban J connectivity index is 2.23. The van der Waals surface area contributed by atoms with Crippen molar-refractivity contribution in [2.24, 2.45) is 5.92 Å². The third-order valence-corrected chi connectivity index (χ3v) is 3.83. The van der Waals surface area contributed by atoms with Gasteiger partial charge in [0.25, 0.3) is 5.91 Å². The molecule has 0 spiro atoms. The van der Waals surface area contributed by atoms with Crippen molar-refractivity contribution < 1.29 is 4.79 Å². The van der Waals surface area contributed by atoms with Crippen molar-refractivity contribution in [3.05, 3.63) is 41.5 Å². The number of carbonyl (C=O) groups excluding carboxylic acids is 1. The van der Waals surface area contributed by atoms with Crippen LogP contribution in [0.1, 0.15) is 41.3 Å². The van der Waals surface area contributed by atoms with E-state index in [2.05, 4.69) is 13.5 Å². The van der Waals surface area contributed by atoms with E-state index >= 15 is 0 Å². The van der Waals surface area contributed by atoms with E-state index in [0.29, 0.717) is 0 Å².